The molecule has 0 N–H and O–H groups in total. The van der Waals surface area contributed by atoms with E-state index in [1.165, 1.54) is 0 Å². The van der Waals surface area contributed by atoms with Crippen LogP contribution in [-0.4, -0.2) is 18.4 Å². The fourth-order valence-corrected chi connectivity index (χ4v) is 1.70. The summed E-state index contributed by atoms with van der Waals surface area (Å²) in [7, 11) is 0. The Kier molecular flexibility index (Phi) is 7.44. The molecule has 0 aliphatic rings. The van der Waals surface area contributed by atoms with Gasteiger partial charge in [-0.05, 0) is 26.2 Å². The van der Waals surface area contributed by atoms with Gasteiger partial charge in [-0.1, -0.05) is 34.6 Å². The van der Waals surface area contributed by atoms with Gasteiger partial charge in [0, 0.05) is 5.92 Å². The highest BCUT2D eigenvalue weighted by molar-refractivity contribution is 5.72. The molecule has 0 rings (SSSR count). The predicted molar refractivity (Wildman–Crippen MR) is 69.6 cm³/mol. The first-order chi connectivity index (χ1) is 7.79. The molecule has 17 heavy (non-hydrogen) atoms. The molecule has 0 spiro atoms. The Morgan fingerprint density at radius 3 is 1.82 bits per heavy atom. The summed E-state index contributed by atoms with van der Waals surface area (Å²) in [5.74, 6) is 0.305. The summed E-state index contributed by atoms with van der Waals surface area (Å²) in [6.07, 6.45) is 0.438. The van der Waals surface area contributed by atoms with Crippen LogP contribution in [0.3, 0.4) is 0 Å². The first-order valence-electron chi connectivity index (χ1n) is 6.65. The van der Waals surface area contributed by atoms with Crippen LogP contribution in [0.2, 0.25) is 0 Å². The van der Waals surface area contributed by atoms with E-state index in [0.29, 0.717) is 5.92 Å². The molecule has 0 radical (unpaired) electrons. The maximum atomic E-state index is 12.0. The summed E-state index contributed by atoms with van der Waals surface area (Å²) < 4.78 is 11.1. The van der Waals surface area contributed by atoms with Crippen LogP contribution in [-0.2, 0) is 14.3 Å². The van der Waals surface area contributed by atoms with Gasteiger partial charge in [0.15, 0.2) is 0 Å². The van der Waals surface area contributed by atoms with E-state index in [4.69, 9.17) is 9.47 Å². The molecule has 2 atom stereocenters. The molecule has 0 amide bonds. The van der Waals surface area contributed by atoms with Crippen molar-refractivity contribution in [2.45, 2.75) is 67.3 Å². The molecule has 0 saturated heterocycles. The lowest BCUT2D eigenvalue weighted by Gasteiger charge is -2.26. The number of esters is 1. The second kappa shape index (κ2) is 7.70. The van der Waals surface area contributed by atoms with Crippen LogP contribution in [0.15, 0.2) is 0 Å². The lowest BCUT2D eigenvalue weighted by molar-refractivity contribution is -0.203. The Bertz CT molecular complexity index is 222. The average molecular weight is 244 g/mol. The maximum Gasteiger partial charge on any atom is 0.311 e. The molecule has 0 heterocycles. The van der Waals surface area contributed by atoms with E-state index in [0.717, 1.165) is 6.42 Å². The topological polar surface area (TPSA) is 35.5 Å². The van der Waals surface area contributed by atoms with Crippen molar-refractivity contribution in [3.05, 3.63) is 0 Å². The summed E-state index contributed by atoms with van der Waals surface area (Å²) in [6, 6.07) is 0. The normalized spacial score (nSPS) is 15.4. The van der Waals surface area contributed by atoms with Crippen LogP contribution in [0.25, 0.3) is 0 Å². The van der Waals surface area contributed by atoms with Crippen molar-refractivity contribution in [1.29, 1.82) is 0 Å². The van der Waals surface area contributed by atoms with Crippen LogP contribution < -0.4 is 0 Å². The Hall–Kier alpha value is -0.570. The maximum absolute atomic E-state index is 12.0. The molecule has 0 bridgehead atoms. The number of hydrogen-bond donors (Lipinski definition) is 0. The Morgan fingerprint density at radius 2 is 1.53 bits per heavy atom. The van der Waals surface area contributed by atoms with Crippen LogP contribution in [0.1, 0.15) is 54.9 Å². The van der Waals surface area contributed by atoms with Gasteiger partial charge in [-0.25, -0.2) is 0 Å². The molecule has 0 aliphatic heterocycles. The van der Waals surface area contributed by atoms with Crippen LogP contribution in [0, 0.1) is 17.8 Å². The summed E-state index contributed by atoms with van der Waals surface area (Å²) in [6.45, 7) is 14.0. The summed E-state index contributed by atoms with van der Waals surface area (Å²) in [4.78, 5) is 12.0. The van der Waals surface area contributed by atoms with Gasteiger partial charge in [0.2, 0.25) is 6.29 Å². The zero-order valence-corrected chi connectivity index (χ0v) is 12.3. The monoisotopic (exact) mass is 244 g/mol. The van der Waals surface area contributed by atoms with Gasteiger partial charge in [-0.2, -0.15) is 0 Å². The molecule has 2 unspecified atom stereocenters. The van der Waals surface area contributed by atoms with Crippen LogP contribution in [0.4, 0.5) is 0 Å². The smallest absolute Gasteiger partial charge is 0.311 e. The van der Waals surface area contributed by atoms with Gasteiger partial charge in [-0.15, -0.1) is 0 Å². The number of hydrogen-bond acceptors (Lipinski definition) is 3. The minimum absolute atomic E-state index is 0.0352. The molecular formula is C14H28O3. The van der Waals surface area contributed by atoms with Gasteiger partial charge in [0.05, 0.1) is 12.0 Å². The third kappa shape index (κ3) is 6.06. The molecular weight excluding hydrogens is 216 g/mol. The SMILES string of the molecule is CCC(C(=O)OC(OC(C)C)C(C)C)C(C)C. The van der Waals surface area contributed by atoms with Crippen molar-refractivity contribution >= 4 is 5.97 Å². The van der Waals surface area contributed by atoms with Crippen molar-refractivity contribution in [2.75, 3.05) is 0 Å². The summed E-state index contributed by atoms with van der Waals surface area (Å²) in [5, 5.41) is 0. The van der Waals surface area contributed by atoms with E-state index in [9.17, 15) is 4.79 Å². The number of carbonyl (C=O) groups is 1. The van der Waals surface area contributed by atoms with Crippen molar-refractivity contribution in [2.24, 2.45) is 17.8 Å². The van der Waals surface area contributed by atoms with Gasteiger partial charge in [-0.3, -0.25) is 4.79 Å². The first kappa shape index (κ1) is 16.4. The highest BCUT2D eigenvalue weighted by Gasteiger charge is 2.27. The predicted octanol–water partition coefficient (Wildman–Crippen LogP) is 3.62. The fraction of sp³-hybridized carbons (Fsp3) is 0.929. The quantitative estimate of drug-likeness (QED) is 0.507. The molecule has 0 aromatic heterocycles. The van der Waals surface area contributed by atoms with Gasteiger partial charge >= 0.3 is 5.97 Å². The second-order valence-corrected chi connectivity index (χ2v) is 5.49. The van der Waals surface area contributed by atoms with E-state index in [2.05, 4.69) is 0 Å². The lowest BCUT2D eigenvalue weighted by Crippen LogP contribution is -2.33. The standard InChI is InChI=1S/C14H28O3/c1-8-12(9(2)3)13(15)17-14(10(4)5)16-11(6)7/h9-12,14H,8H2,1-7H3. The molecule has 102 valence electrons. The molecule has 0 aromatic carbocycles. The van der Waals surface area contributed by atoms with Crippen molar-refractivity contribution < 1.29 is 14.3 Å². The van der Waals surface area contributed by atoms with E-state index < -0.39 is 6.29 Å². The second-order valence-electron chi connectivity index (χ2n) is 5.49. The fourth-order valence-electron chi connectivity index (χ4n) is 1.70. The van der Waals surface area contributed by atoms with Crippen LogP contribution >= 0.6 is 0 Å². The summed E-state index contributed by atoms with van der Waals surface area (Å²) >= 11 is 0. The Labute approximate surface area is 106 Å². The highest BCUT2D eigenvalue weighted by Crippen LogP contribution is 2.20. The number of carbonyl (C=O) groups excluding carboxylic acids is 1. The minimum Gasteiger partial charge on any atom is -0.435 e. The Balaban J connectivity index is 4.48. The zero-order valence-electron chi connectivity index (χ0n) is 12.3. The van der Waals surface area contributed by atoms with Crippen LogP contribution in [0.5, 0.6) is 0 Å². The molecule has 0 aliphatic carbocycles. The average Bonchev–Trinajstić information content (AvgIpc) is 2.15. The molecule has 0 fully saturated rings. The van der Waals surface area contributed by atoms with E-state index in [1.807, 2.05) is 48.5 Å². The summed E-state index contributed by atoms with van der Waals surface area (Å²) in [5.41, 5.74) is 0. The van der Waals surface area contributed by atoms with Gasteiger partial charge < -0.3 is 9.47 Å². The van der Waals surface area contributed by atoms with Gasteiger partial charge in [0.1, 0.15) is 0 Å². The zero-order chi connectivity index (χ0) is 13.6. The number of rotatable bonds is 7. The molecule has 0 saturated carbocycles. The van der Waals surface area contributed by atoms with Crippen molar-refractivity contribution in [3.8, 4) is 0 Å². The Morgan fingerprint density at radius 1 is 1.00 bits per heavy atom. The van der Waals surface area contributed by atoms with E-state index >= 15 is 0 Å². The highest BCUT2D eigenvalue weighted by atomic mass is 16.7. The van der Waals surface area contributed by atoms with Crippen molar-refractivity contribution in [1.82, 2.24) is 0 Å². The van der Waals surface area contributed by atoms with Crippen molar-refractivity contribution in [3.63, 3.8) is 0 Å². The first-order valence-corrected chi connectivity index (χ1v) is 6.65. The molecule has 0 aromatic rings. The number of ether oxygens (including phenoxy) is 2. The molecule has 3 heteroatoms. The van der Waals surface area contributed by atoms with Gasteiger partial charge in [0.25, 0.3) is 0 Å². The third-order valence-electron chi connectivity index (χ3n) is 2.73. The van der Waals surface area contributed by atoms with E-state index in [1.54, 1.807) is 0 Å². The van der Waals surface area contributed by atoms with E-state index in [-0.39, 0.29) is 23.9 Å². The largest absolute Gasteiger partial charge is 0.435 e. The molecule has 3 nitrogen and oxygen atoms in total. The minimum atomic E-state index is -0.435. The third-order valence-corrected chi connectivity index (χ3v) is 2.73. The lowest BCUT2D eigenvalue weighted by atomic mass is 9.93.